The Labute approximate surface area is 102 Å². The third-order valence-corrected chi connectivity index (χ3v) is 2.81. The lowest BCUT2D eigenvalue weighted by Gasteiger charge is -2.29. The molecule has 98 valence electrons. The van der Waals surface area contributed by atoms with E-state index in [0.29, 0.717) is 6.61 Å². The van der Waals surface area contributed by atoms with Gasteiger partial charge in [-0.2, -0.15) is 0 Å². The molecule has 0 radical (unpaired) electrons. The zero-order valence-electron chi connectivity index (χ0n) is 10.7. The smallest absolute Gasteiger partial charge is 0.407 e. The summed E-state index contributed by atoms with van der Waals surface area (Å²) in [5.74, 6) is 0. The van der Waals surface area contributed by atoms with Crippen LogP contribution in [0.2, 0.25) is 0 Å². The van der Waals surface area contributed by atoms with E-state index in [4.69, 9.17) is 14.2 Å². The number of rotatable bonds is 2. The molecular weight excluding hydrogens is 222 g/mol. The Kier molecular flexibility index (Phi) is 3.58. The van der Waals surface area contributed by atoms with Crippen molar-refractivity contribution >= 4 is 6.09 Å². The van der Waals surface area contributed by atoms with E-state index in [1.165, 1.54) is 0 Å². The van der Waals surface area contributed by atoms with E-state index in [1.54, 1.807) is 0 Å². The molecule has 2 unspecified atom stereocenters. The molecule has 1 N–H and O–H groups in total. The number of epoxide rings is 1. The Balaban J connectivity index is 1.68. The second kappa shape index (κ2) is 4.82. The van der Waals surface area contributed by atoms with E-state index in [-0.39, 0.29) is 24.3 Å². The molecule has 2 fully saturated rings. The van der Waals surface area contributed by atoms with Gasteiger partial charge in [-0.05, 0) is 33.6 Å². The van der Waals surface area contributed by atoms with Crippen LogP contribution in [0.5, 0.6) is 0 Å². The van der Waals surface area contributed by atoms with E-state index >= 15 is 0 Å². The highest BCUT2D eigenvalue weighted by molar-refractivity contribution is 5.68. The average molecular weight is 243 g/mol. The number of hydrogen-bond acceptors (Lipinski definition) is 4. The van der Waals surface area contributed by atoms with Crippen molar-refractivity contribution in [2.45, 2.75) is 57.5 Å². The van der Waals surface area contributed by atoms with Gasteiger partial charge in [-0.25, -0.2) is 4.79 Å². The highest BCUT2D eigenvalue weighted by Gasteiger charge is 2.37. The number of hydrogen-bond donors (Lipinski definition) is 1. The summed E-state index contributed by atoms with van der Waals surface area (Å²) in [4.78, 5) is 11.5. The monoisotopic (exact) mass is 243 g/mol. The van der Waals surface area contributed by atoms with Crippen LogP contribution >= 0.6 is 0 Å². The van der Waals surface area contributed by atoms with Crippen molar-refractivity contribution in [3.63, 3.8) is 0 Å². The van der Waals surface area contributed by atoms with Crippen molar-refractivity contribution < 1.29 is 19.0 Å². The maximum Gasteiger partial charge on any atom is 0.407 e. The van der Waals surface area contributed by atoms with Crippen LogP contribution in [0.1, 0.15) is 33.6 Å². The molecule has 0 aromatic heterocycles. The molecule has 2 saturated heterocycles. The Morgan fingerprint density at radius 3 is 2.29 bits per heavy atom. The summed E-state index contributed by atoms with van der Waals surface area (Å²) in [6.45, 7) is 6.91. The van der Waals surface area contributed by atoms with Crippen molar-refractivity contribution in [1.82, 2.24) is 5.32 Å². The molecule has 17 heavy (non-hydrogen) atoms. The van der Waals surface area contributed by atoms with Crippen LogP contribution in [0.25, 0.3) is 0 Å². The van der Waals surface area contributed by atoms with Gasteiger partial charge < -0.3 is 19.5 Å². The molecular formula is C12H21NO4. The number of ether oxygens (including phenoxy) is 3. The van der Waals surface area contributed by atoms with Crippen LogP contribution < -0.4 is 5.32 Å². The molecule has 2 heterocycles. The van der Waals surface area contributed by atoms with E-state index in [2.05, 4.69) is 5.32 Å². The van der Waals surface area contributed by atoms with Gasteiger partial charge in [0.15, 0.2) is 0 Å². The Morgan fingerprint density at radius 1 is 1.18 bits per heavy atom. The van der Waals surface area contributed by atoms with Crippen LogP contribution in [0.3, 0.4) is 0 Å². The number of carbonyl (C=O) groups is 1. The van der Waals surface area contributed by atoms with E-state index in [0.717, 1.165) is 19.4 Å². The lowest BCUT2D eigenvalue weighted by atomic mass is 10.0. The largest absolute Gasteiger partial charge is 0.444 e. The minimum atomic E-state index is -0.454. The lowest BCUT2D eigenvalue weighted by Crippen LogP contribution is -2.45. The molecule has 0 bridgehead atoms. The van der Waals surface area contributed by atoms with Crippen LogP contribution in [0.15, 0.2) is 0 Å². The Bertz CT molecular complexity index is 275. The number of carbonyl (C=O) groups excluding carboxylic acids is 1. The second-order valence-electron chi connectivity index (χ2n) is 5.66. The first-order chi connectivity index (χ1) is 7.94. The predicted octanol–water partition coefficient (Wildman–Crippen LogP) is 1.46. The fraction of sp³-hybridized carbons (Fsp3) is 0.917. The molecule has 1 amide bonds. The van der Waals surface area contributed by atoms with Crippen molar-refractivity contribution in [3.8, 4) is 0 Å². The minimum absolute atomic E-state index is 0.0554. The van der Waals surface area contributed by atoms with Crippen molar-refractivity contribution in [1.29, 1.82) is 0 Å². The number of nitrogens with one attached hydrogen (secondary N) is 1. The van der Waals surface area contributed by atoms with E-state index in [9.17, 15) is 4.79 Å². The fourth-order valence-electron chi connectivity index (χ4n) is 1.92. The van der Waals surface area contributed by atoms with Gasteiger partial charge in [0.2, 0.25) is 0 Å². The minimum Gasteiger partial charge on any atom is -0.444 e. The predicted molar refractivity (Wildman–Crippen MR) is 61.9 cm³/mol. The molecule has 2 rings (SSSR count). The summed E-state index contributed by atoms with van der Waals surface area (Å²) in [6, 6.07) is 0.0554. The normalized spacial score (nSPS) is 33.0. The molecule has 0 aromatic rings. The van der Waals surface area contributed by atoms with Gasteiger partial charge in [-0.15, -0.1) is 0 Å². The summed E-state index contributed by atoms with van der Waals surface area (Å²) >= 11 is 0. The highest BCUT2D eigenvalue weighted by Crippen LogP contribution is 2.25. The van der Waals surface area contributed by atoms with Gasteiger partial charge in [0.1, 0.15) is 11.7 Å². The van der Waals surface area contributed by atoms with E-state index < -0.39 is 5.60 Å². The molecule has 0 saturated carbocycles. The van der Waals surface area contributed by atoms with Crippen molar-refractivity contribution in [2.24, 2.45) is 0 Å². The molecule has 5 nitrogen and oxygen atoms in total. The molecule has 2 aliphatic rings. The second-order valence-corrected chi connectivity index (χ2v) is 5.66. The van der Waals surface area contributed by atoms with Crippen molar-refractivity contribution in [2.75, 3.05) is 13.2 Å². The Morgan fingerprint density at radius 2 is 1.82 bits per heavy atom. The van der Waals surface area contributed by atoms with Gasteiger partial charge in [-0.3, -0.25) is 0 Å². The molecule has 0 spiro atoms. The third kappa shape index (κ3) is 4.16. The maximum atomic E-state index is 11.5. The summed E-state index contributed by atoms with van der Waals surface area (Å²) in [5.41, 5.74) is -0.454. The molecule has 5 heteroatoms. The highest BCUT2D eigenvalue weighted by atomic mass is 16.6. The zero-order valence-corrected chi connectivity index (χ0v) is 10.7. The molecule has 0 aromatic carbocycles. The summed E-state index contributed by atoms with van der Waals surface area (Å²) in [5, 5.41) is 2.83. The first-order valence-corrected chi connectivity index (χ1v) is 6.17. The topological polar surface area (TPSA) is 60.1 Å². The quantitative estimate of drug-likeness (QED) is 0.746. The summed E-state index contributed by atoms with van der Waals surface area (Å²) in [6.07, 6.45) is 1.99. The van der Waals surface area contributed by atoms with Gasteiger partial charge in [0.25, 0.3) is 0 Å². The zero-order chi connectivity index (χ0) is 12.5. The molecule has 2 aliphatic heterocycles. The van der Waals surface area contributed by atoms with Crippen LogP contribution in [0, 0.1) is 0 Å². The fourth-order valence-corrected chi connectivity index (χ4v) is 1.92. The van der Waals surface area contributed by atoms with Gasteiger partial charge >= 0.3 is 6.09 Å². The first-order valence-electron chi connectivity index (χ1n) is 6.17. The number of alkyl carbamates (subject to hydrolysis) is 1. The van der Waals surface area contributed by atoms with Crippen molar-refractivity contribution in [3.05, 3.63) is 0 Å². The molecule has 0 aliphatic carbocycles. The van der Waals surface area contributed by atoms with Gasteiger partial charge in [0, 0.05) is 0 Å². The average Bonchev–Trinajstić information content (AvgIpc) is 2.99. The summed E-state index contributed by atoms with van der Waals surface area (Å²) < 4.78 is 16.0. The lowest BCUT2D eigenvalue weighted by molar-refractivity contribution is -0.0205. The SMILES string of the molecule is CC(C)(C)OC(=O)NC1CCC([C@@H]2CO2)OC1. The summed E-state index contributed by atoms with van der Waals surface area (Å²) in [7, 11) is 0. The van der Waals surface area contributed by atoms with Gasteiger partial charge in [0.05, 0.1) is 25.4 Å². The van der Waals surface area contributed by atoms with Gasteiger partial charge in [-0.1, -0.05) is 0 Å². The number of amides is 1. The Hall–Kier alpha value is -0.810. The third-order valence-electron chi connectivity index (χ3n) is 2.81. The van der Waals surface area contributed by atoms with E-state index in [1.807, 2.05) is 20.8 Å². The molecule has 3 atom stereocenters. The van der Waals surface area contributed by atoms with Crippen LogP contribution in [0.4, 0.5) is 4.79 Å². The maximum absolute atomic E-state index is 11.5. The first kappa shape index (κ1) is 12.6. The standard InChI is InChI=1S/C12H21NO4/c1-12(2,3)17-11(14)13-8-4-5-9(15-6-8)10-7-16-10/h8-10H,4-7H2,1-3H3,(H,13,14)/t8?,9?,10-/m0/s1. The van der Waals surface area contributed by atoms with Crippen LogP contribution in [-0.4, -0.2) is 43.2 Å². The van der Waals surface area contributed by atoms with Crippen LogP contribution in [-0.2, 0) is 14.2 Å².